The molecule has 2 aromatic rings. The van der Waals surface area contributed by atoms with Crippen LogP contribution in [0.5, 0.6) is 0 Å². The number of nitrogens with one attached hydrogen (secondary N) is 2. The van der Waals surface area contributed by atoms with Crippen LogP contribution in [0.1, 0.15) is 36.0 Å². The van der Waals surface area contributed by atoms with Crippen molar-refractivity contribution in [2.75, 3.05) is 0 Å². The standard InChI is InChI=1S/C16H19ClN4O/c17-14-4-2-1-3-12(14)15-13(9-19-21-15)16(22)20-11-7-5-10(18)6-8-11/h1-4,9-11H,5-8,18H2,(H,19,21)(H,20,22). The van der Waals surface area contributed by atoms with E-state index in [2.05, 4.69) is 15.5 Å². The van der Waals surface area contributed by atoms with Crippen LogP contribution in [-0.2, 0) is 0 Å². The fraction of sp³-hybridized carbons (Fsp3) is 0.375. The van der Waals surface area contributed by atoms with E-state index in [9.17, 15) is 4.79 Å². The van der Waals surface area contributed by atoms with Gasteiger partial charge in [-0.15, -0.1) is 0 Å². The summed E-state index contributed by atoms with van der Waals surface area (Å²) in [6.07, 6.45) is 5.29. The SMILES string of the molecule is NC1CCC(NC(=O)c2cn[nH]c2-c2ccccc2Cl)CC1. The zero-order valence-electron chi connectivity index (χ0n) is 12.2. The molecule has 0 bridgehead atoms. The normalized spacial score (nSPS) is 21.5. The summed E-state index contributed by atoms with van der Waals surface area (Å²) in [5.74, 6) is -0.121. The van der Waals surface area contributed by atoms with Gasteiger partial charge in [0, 0.05) is 22.7 Å². The smallest absolute Gasteiger partial charge is 0.255 e. The Kier molecular flexibility index (Phi) is 4.45. The second kappa shape index (κ2) is 6.50. The number of nitrogens with two attached hydrogens (primary N) is 1. The monoisotopic (exact) mass is 318 g/mol. The van der Waals surface area contributed by atoms with Crippen molar-refractivity contribution in [3.63, 3.8) is 0 Å². The average molecular weight is 319 g/mol. The van der Waals surface area contributed by atoms with Crippen molar-refractivity contribution >= 4 is 17.5 Å². The number of hydrogen-bond donors (Lipinski definition) is 3. The molecule has 3 rings (SSSR count). The second-order valence-electron chi connectivity index (χ2n) is 5.72. The number of H-pyrrole nitrogens is 1. The first kappa shape index (κ1) is 15.1. The van der Waals surface area contributed by atoms with Crippen molar-refractivity contribution in [1.29, 1.82) is 0 Å². The summed E-state index contributed by atoms with van der Waals surface area (Å²) in [5.41, 5.74) is 7.84. The summed E-state index contributed by atoms with van der Waals surface area (Å²) >= 11 is 6.21. The van der Waals surface area contributed by atoms with Gasteiger partial charge in [-0.1, -0.05) is 29.8 Å². The molecule has 6 heteroatoms. The summed E-state index contributed by atoms with van der Waals surface area (Å²) in [4.78, 5) is 12.5. The van der Waals surface area contributed by atoms with Crippen molar-refractivity contribution < 1.29 is 4.79 Å². The molecule has 0 radical (unpaired) electrons. The van der Waals surface area contributed by atoms with Crippen LogP contribution in [0.2, 0.25) is 5.02 Å². The lowest BCUT2D eigenvalue weighted by molar-refractivity contribution is 0.0926. The van der Waals surface area contributed by atoms with Crippen molar-refractivity contribution in [2.24, 2.45) is 5.73 Å². The van der Waals surface area contributed by atoms with Gasteiger partial charge >= 0.3 is 0 Å². The number of halogens is 1. The summed E-state index contributed by atoms with van der Waals surface area (Å²) in [6.45, 7) is 0. The molecule has 1 aliphatic rings. The van der Waals surface area contributed by atoms with E-state index >= 15 is 0 Å². The van der Waals surface area contributed by atoms with E-state index in [1.54, 1.807) is 12.3 Å². The first-order chi connectivity index (χ1) is 10.6. The molecule has 0 aliphatic heterocycles. The largest absolute Gasteiger partial charge is 0.349 e. The first-order valence-electron chi connectivity index (χ1n) is 7.50. The average Bonchev–Trinajstić information content (AvgIpc) is 2.99. The van der Waals surface area contributed by atoms with Gasteiger partial charge in [0.2, 0.25) is 0 Å². The minimum Gasteiger partial charge on any atom is -0.349 e. The Hall–Kier alpha value is -1.85. The number of carbonyl (C=O) groups excluding carboxylic acids is 1. The van der Waals surface area contributed by atoms with Gasteiger partial charge in [-0.05, 0) is 31.7 Å². The summed E-state index contributed by atoms with van der Waals surface area (Å²) in [6, 6.07) is 7.84. The summed E-state index contributed by atoms with van der Waals surface area (Å²) in [7, 11) is 0. The Balaban J connectivity index is 1.77. The fourth-order valence-corrected chi connectivity index (χ4v) is 3.08. The van der Waals surface area contributed by atoms with Gasteiger partial charge in [0.15, 0.2) is 0 Å². The third-order valence-electron chi connectivity index (χ3n) is 4.13. The van der Waals surface area contributed by atoms with Gasteiger partial charge in [-0.25, -0.2) is 0 Å². The highest BCUT2D eigenvalue weighted by Gasteiger charge is 2.23. The summed E-state index contributed by atoms with van der Waals surface area (Å²) < 4.78 is 0. The highest BCUT2D eigenvalue weighted by molar-refractivity contribution is 6.33. The number of amides is 1. The lowest BCUT2D eigenvalue weighted by Gasteiger charge is -2.26. The minimum absolute atomic E-state index is 0.121. The predicted octanol–water partition coefficient (Wildman–Crippen LogP) is 2.73. The number of benzene rings is 1. The maximum absolute atomic E-state index is 12.5. The van der Waals surface area contributed by atoms with Crippen LogP contribution < -0.4 is 11.1 Å². The molecule has 1 heterocycles. The van der Waals surface area contributed by atoms with Crippen molar-refractivity contribution in [1.82, 2.24) is 15.5 Å². The molecule has 1 fully saturated rings. The Bertz CT molecular complexity index is 662. The predicted molar refractivity (Wildman–Crippen MR) is 86.7 cm³/mol. The third kappa shape index (κ3) is 3.15. The van der Waals surface area contributed by atoms with E-state index < -0.39 is 0 Å². The van der Waals surface area contributed by atoms with Gasteiger partial charge in [-0.3, -0.25) is 9.89 Å². The molecule has 4 N–H and O–H groups in total. The fourth-order valence-electron chi connectivity index (χ4n) is 2.85. The summed E-state index contributed by atoms with van der Waals surface area (Å²) in [5, 5.41) is 10.5. The molecule has 1 amide bonds. The van der Waals surface area contributed by atoms with Crippen molar-refractivity contribution in [3.8, 4) is 11.3 Å². The zero-order chi connectivity index (χ0) is 15.5. The number of aromatic nitrogens is 2. The number of rotatable bonds is 3. The quantitative estimate of drug-likeness (QED) is 0.813. The molecule has 0 spiro atoms. The molecular weight excluding hydrogens is 300 g/mol. The molecule has 1 aromatic heterocycles. The molecule has 22 heavy (non-hydrogen) atoms. The van der Waals surface area contributed by atoms with Crippen LogP contribution in [0, 0.1) is 0 Å². The van der Waals surface area contributed by atoms with Gasteiger partial charge < -0.3 is 11.1 Å². The number of carbonyl (C=O) groups is 1. The molecule has 5 nitrogen and oxygen atoms in total. The van der Waals surface area contributed by atoms with E-state index in [1.807, 2.05) is 18.2 Å². The third-order valence-corrected chi connectivity index (χ3v) is 4.46. The van der Waals surface area contributed by atoms with Gasteiger partial charge in [0.25, 0.3) is 5.91 Å². The maximum Gasteiger partial charge on any atom is 0.255 e. The Morgan fingerprint density at radius 1 is 1.27 bits per heavy atom. The lowest BCUT2D eigenvalue weighted by atomic mass is 9.91. The number of hydrogen-bond acceptors (Lipinski definition) is 3. The van der Waals surface area contributed by atoms with Crippen molar-refractivity contribution in [3.05, 3.63) is 41.0 Å². The highest BCUT2D eigenvalue weighted by Crippen LogP contribution is 2.28. The Morgan fingerprint density at radius 2 is 2.00 bits per heavy atom. The number of aromatic amines is 1. The van der Waals surface area contributed by atoms with E-state index in [0.29, 0.717) is 16.3 Å². The zero-order valence-corrected chi connectivity index (χ0v) is 12.9. The van der Waals surface area contributed by atoms with Crippen LogP contribution in [0.15, 0.2) is 30.5 Å². The Morgan fingerprint density at radius 3 is 2.73 bits per heavy atom. The topological polar surface area (TPSA) is 83.8 Å². The molecule has 0 unspecified atom stereocenters. The van der Waals surface area contributed by atoms with Gasteiger partial charge in [0.1, 0.15) is 0 Å². The van der Waals surface area contributed by atoms with Crippen molar-refractivity contribution in [2.45, 2.75) is 37.8 Å². The van der Waals surface area contributed by atoms with Crippen LogP contribution in [-0.4, -0.2) is 28.2 Å². The highest BCUT2D eigenvalue weighted by atomic mass is 35.5. The van der Waals surface area contributed by atoms with Crippen LogP contribution >= 0.6 is 11.6 Å². The molecule has 1 saturated carbocycles. The number of nitrogens with zero attached hydrogens (tertiary/aromatic N) is 1. The van der Waals surface area contributed by atoms with Crippen LogP contribution in [0.25, 0.3) is 11.3 Å². The van der Waals surface area contributed by atoms with E-state index in [1.165, 1.54) is 0 Å². The Labute approximate surface area is 134 Å². The molecular formula is C16H19ClN4O. The molecule has 0 atom stereocenters. The van der Waals surface area contributed by atoms with E-state index in [4.69, 9.17) is 17.3 Å². The minimum atomic E-state index is -0.121. The molecule has 1 aromatic carbocycles. The maximum atomic E-state index is 12.5. The van der Waals surface area contributed by atoms with E-state index in [0.717, 1.165) is 31.2 Å². The lowest BCUT2D eigenvalue weighted by Crippen LogP contribution is -2.40. The molecule has 1 aliphatic carbocycles. The van der Waals surface area contributed by atoms with Gasteiger partial charge in [-0.2, -0.15) is 5.10 Å². The van der Waals surface area contributed by atoms with Crippen LogP contribution in [0.4, 0.5) is 0 Å². The van der Waals surface area contributed by atoms with Gasteiger partial charge in [0.05, 0.1) is 17.5 Å². The first-order valence-corrected chi connectivity index (χ1v) is 7.87. The molecule has 116 valence electrons. The van der Waals surface area contributed by atoms with Crippen LogP contribution in [0.3, 0.4) is 0 Å². The van der Waals surface area contributed by atoms with E-state index in [-0.39, 0.29) is 18.0 Å². The second-order valence-corrected chi connectivity index (χ2v) is 6.13. The molecule has 0 saturated heterocycles.